The fraction of sp³-hybridized carbons (Fsp3) is 0.783. The number of rotatable bonds is 34. The van der Waals surface area contributed by atoms with Crippen molar-refractivity contribution in [2.45, 2.75) is 194 Å². The van der Waals surface area contributed by atoms with Crippen LogP contribution in [0.15, 0.2) is 12.1 Å². The summed E-state index contributed by atoms with van der Waals surface area (Å²) in [7, 11) is 7.07. The van der Waals surface area contributed by atoms with Gasteiger partial charge in [-0.05, 0) is 37.8 Å². The molecule has 0 fully saturated rings. The summed E-state index contributed by atoms with van der Waals surface area (Å²) in [6.45, 7) is 5.57. The molecule has 8 heteroatoms. The zero-order chi connectivity index (χ0) is 40.2. The van der Waals surface area contributed by atoms with Crippen LogP contribution in [-0.2, 0) is 0 Å². The molecule has 2 N–H and O–H groups in total. The van der Waals surface area contributed by atoms with E-state index >= 15 is 0 Å². The highest BCUT2D eigenvalue weighted by atomic mass is 16.4. The molecule has 0 unspecified atom stereocenters. The number of quaternary nitrogens is 2. The maximum absolute atomic E-state index is 14.0. The summed E-state index contributed by atoms with van der Waals surface area (Å²) in [6, 6.07) is 2.47. The van der Waals surface area contributed by atoms with E-state index in [-0.39, 0.29) is 26.0 Å². The third-order valence-corrected chi connectivity index (χ3v) is 11.3. The molecule has 0 radical (unpaired) electrons. The van der Waals surface area contributed by atoms with Crippen LogP contribution >= 0.6 is 0 Å². The fourth-order valence-corrected chi connectivity index (χ4v) is 7.62. The Morgan fingerprint density at radius 2 is 0.685 bits per heavy atom. The Hall–Kier alpha value is -2.58. The fourth-order valence-electron chi connectivity index (χ4n) is 7.62. The summed E-state index contributed by atoms with van der Waals surface area (Å²) in [6.07, 6.45) is 34.7. The van der Waals surface area contributed by atoms with Crippen molar-refractivity contribution in [1.82, 2.24) is 0 Å². The quantitative estimate of drug-likeness (QED) is 0.0535. The number of amides is 2. The van der Waals surface area contributed by atoms with Gasteiger partial charge in [0.1, 0.15) is 0 Å². The van der Waals surface area contributed by atoms with Crippen molar-refractivity contribution in [3.8, 4) is 0 Å². The Kier molecular flexibility index (Phi) is 26.3. The van der Waals surface area contributed by atoms with Crippen LogP contribution in [0, 0.1) is 0 Å². The predicted octanol–water partition coefficient (Wildman–Crippen LogP) is 12.5. The first-order valence-corrected chi connectivity index (χ1v) is 22.2. The van der Waals surface area contributed by atoms with Gasteiger partial charge in [-0.25, -0.2) is 19.2 Å². The number of nitrogens with zero attached hydrogens (tertiary/aromatic N) is 2. The summed E-state index contributed by atoms with van der Waals surface area (Å²) in [5.74, 6) is -3.76. The highest BCUT2D eigenvalue weighted by Gasteiger charge is 2.37. The second-order valence-corrected chi connectivity index (χ2v) is 17.2. The topological polar surface area (TPSA) is 109 Å². The SMILES string of the molecule is CCCCCCCCCCCCCCCC[N+](C)(C)C(=O)c1cc(C(=O)O)c(C(=O)O)c(C(=O)[N+](C)(C)CCCCCCCCCCCCCCCC)c1. The van der Waals surface area contributed by atoms with Gasteiger partial charge in [-0.2, -0.15) is 0 Å². The van der Waals surface area contributed by atoms with Crippen molar-refractivity contribution in [3.63, 3.8) is 0 Å². The van der Waals surface area contributed by atoms with Crippen LogP contribution in [0.4, 0.5) is 0 Å². The molecule has 0 bridgehead atoms. The molecule has 0 spiro atoms. The molecule has 0 saturated heterocycles. The predicted molar refractivity (Wildman–Crippen MR) is 224 cm³/mol. The normalized spacial score (nSPS) is 12.0. The van der Waals surface area contributed by atoms with Gasteiger partial charge in [0.05, 0.1) is 63.5 Å². The second kappa shape index (κ2) is 28.8. The van der Waals surface area contributed by atoms with E-state index in [0.29, 0.717) is 13.1 Å². The van der Waals surface area contributed by atoms with Crippen molar-refractivity contribution in [2.75, 3.05) is 41.3 Å². The lowest BCUT2D eigenvalue weighted by Crippen LogP contribution is -2.48. The van der Waals surface area contributed by atoms with Crippen LogP contribution < -0.4 is 0 Å². The summed E-state index contributed by atoms with van der Waals surface area (Å²) in [4.78, 5) is 52.5. The maximum Gasteiger partial charge on any atom is 0.346 e. The van der Waals surface area contributed by atoms with Crippen molar-refractivity contribution < 1.29 is 38.4 Å². The summed E-state index contributed by atoms with van der Waals surface area (Å²) >= 11 is 0. The van der Waals surface area contributed by atoms with Gasteiger partial charge in [0.2, 0.25) is 0 Å². The molecular formula is C46H82N2O6+2. The molecule has 54 heavy (non-hydrogen) atoms. The first-order chi connectivity index (χ1) is 25.8. The van der Waals surface area contributed by atoms with Crippen LogP contribution in [0.3, 0.4) is 0 Å². The maximum atomic E-state index is 14.0. The van der Waals surface area contributed by atoms with Crippen LogP contribution in [0.1, 0.15) is 235 Å². The van der Waals surface area contributed by atoms with Crippen LogP contribution in [0.5, 0.6) is 0 Å². The molecule has 0 heterocycles. The standard InChI is InChI=1S/C46H80N2O6/c1-7-9-11-13-15-17-19-21-23-25-27-29-31-33-35-47(3,4)43(49)39-37-40(42(46(53)54)41(38-39)45(51)52)44(50)48(5,6)36-34-32-30-28-26-24-22-20-18-16-14-12-10-8-2/h37-38H,7-36H2,1-6H3/p+2. The minimum absolute atomic E-state index is 0.00530. The average molecular weight is 759 g/mol. The van der Waals surface area contributed by atoms with Crippen LogP contribution in [0.25, 0.3) is 0 Å². The lowest BCUT2D eigenvalue weighted by molar-refractivity contribution is -0.808. The van der Waals surface area contributed by atoms with E-state index in [2.05, 4.69) is 13.8 Å². The van der Waals surface area contributed by atoms with Crippen LogP contribution in [-0.4, -0.2) is 84.2 Å². The van der Waals surface area contributed by atoms with Gasteiger partial charge in [-0.3, -0.25) is 8.97 Å². The Morgan fingerprint density at radius 1 is 0.407 bits per heavy atom. The molecular weight excluding hydrogens is 677 g/mol. The third kappa shape index (κ3) is 20.4. The average Bonchev–Trinajstić information content (AvgIpc) is 3.13. The number of aromatic carboxylic acids is 2. The van der Waals surface area contributed by atoms with Crippen molar-refractivity contribution in [2.24, 2.45) is 0 Å². The summed E-state index contributed by atoms with van der Waals surface area (Å²) < 4.78 is -0.124. The molecule has 0 aliphatic heterocycles. The summed E-state index contributed by atoms with van der Waals surface area (Å²) in [5, 5.41) is 20.1. The first kappa shape index (κ1) is 49.4. The number of hydrogen-bond donors (Lipinski definition) is 2. The first-order valence-electron chi connectivity index (χ1n) is 22.2. The van der Waals surface area contributed by atoms with E-state index in [4.69, 9.17) is 0 Å². The Labute approximate surface area is 330 Å². The molecule has 0 saturated carbocycles. The number of carbonyl (C=O) groups is 4. The molecule has 0 aliphatic rings. The largest absolute Gasteiger partial charge is 0.478 e. The molecule has 1 rings (SSSR count). The van der Waals surface area contributed by atoms with E-state index in [0.717, 1.165) is 44.6 Å². The smallest absolute Gasteiger partial charge is 0.346 e. The molecule has 2 amide bonds. The van der Waals surface area contributed by atoms with Gasteiger partial charge in [0.15, 0.2) is 0 Å². The molecule has 8 nitrogen and oxygen atoms in total. The number of unbranched alkanes of at least 4 members (excludes halogenated alkanes) is 26. The lowest BCUT2D eigenvalue weighted by Gasteiger charge is -2.29. The molecule has 1 aromatic carbocycles. The Balaban J connectivity index is 2.67. The molecule has 310 valence electrons. The van der Waals surface area contributed by atoms with E-state index in [1.807, 2.05) is 0 Å². The van der Waals surface area contributed by atoms with Crippen LogP contribution in [0.2, 0.25) is 0 Å². The zero-order valence-electron chi connectivity index (χ0n) is 35.8. The minimum Gasteiger partial charge on any atom is -0.478 e. The third-order valence-electron chi connectivity index (χ3n) is 11.3. The second-order valence-electron chi connectivity index (χ2n) is 17.2. The minimum atomic E-state index is -1.48. The number of benzene rings is 1. The van der Waals surface area contributed by atoms with E-state index < -0.39 is 29.0 Å². The van der Waals surface area contributed by atoms with E-state index in [9.17, 15) is 29.4 Å². The monoisotopic (exact) mass is 759 g/mol. The number of hydrogen-bond acceptors (Lipinski definition) is 4. The molecule has 0 aromatic heterocycles. The van der Waals surface area contributed by atoms with Gasteiger partial charge in [-0.1, -0.05) is 168 Å². The highest BCUT2D eigenvalue weighted by Crippen LogP contribution is 2.25. The number of carboxylic acid groups (broad SMARTS) is 2. The zero-order valence-corrected chi connectivity index (χ0v) is 35.8. The number of carbonyl (C=O) groups excluding carboxylic acids is 2. The number of carboxylic acids is 2. The van der Waals surface area contributed by atoms with Crippen molar-refractivity contribution in [3.05, 3.63) is 34.4 Å². The van der Waals surface area contributed by atoms with Gasteiger partial charge >= 0.3 is 23.8 Å². The van der Waals surface area contributed by atoms with Gasteiger partial charge < -0.3 is 10.2 Å². The van der Waals surface area contributed by atoms with E-state index in [1.54, 1.807) is 28.2 Å². The molecule has 1 aromatic rings. The van der Waals surface area contributed by atoms with E-state index in [1.165, 1.54) is 147 Å². The highest BCUT2D eigenvalue weighted by molar-refractivity contribution is 6.11. The van der Waals surface area contributed by atoms with Gasteiger partial charge in [0, 0.05) is 0 Å². The Morgan fingerprint density at radius 3 is 0.981 bits per heavy atom. The van der Waals surface area contributed by atoms with Crippen molar-refractivity contribution in [1.29, 1.82) is 0 Å². The van der Waals surface area contributed by atoms with Gasteiger partial charge in [0.25, 0.3) is 0 Å². The molecule has 0 atom stereocenters. The van der Waals surface area contributed by atoms with Crippen molar-refractivity contribution >= 4 is 23.8 Å². The molecule has 0 aliphatic carbocycles. The summed E-state index contributed by atoms with van der Waals surface area (Å²) in [5.41, 5.74) is -1.22. The lowest BCUT2D eigenvalue weighted by atomic mass is 9.95. The van der Waals surface area contributed by atoms with Gasteiger partial charge in [-0.15, -0.1) is 0 Å². The Bertz CT molecular complexity index is 1220.